The van der Waals surface area contributed by atoms with Crippen molar-refractivity contribution in [3.05, 3.63) is 71.8 Å². The van der Waals surface area contributed by atoms with Gasteiger partial charge in [-0.15, -0.1) is 0 Å². The number of rotatable bonds is 6. The fourth-order valence-electron chi connectivity index (χ4n) is 4.05. The number of piperazine rings is 1. The summed E-state index contributed by atoms with van der Waals surface area (Å²) >= 11 is 0. The third-order valence-electron chi connectivity index (χ3n) is 5.92. The molecule has 29 heavy (non-hydrogen) atoms. The number of aryl methyl sites for hydroxylation is 1. The third kappa shape index (κ3) is 4.72. The van der Waals surface area contributed by atoms with Crippen LogP contribution in [0.4, 0.5) is 5.69 Å². The zero-order valence-corrected chi connectivity index (χ0v) is 17.3. The molecule has 0 unspecified atom stereocenters. The molecular weight excluding hydrogens is 360 g/mol. The Labute approximate surface area is 173 Å². The van der Waals surface area contributed by atoms with Gasteiger partial charge in [0.15, 0.2) is 0 Å². The lowest BCUT2D eigenvalue weighted by Crippen LogP contribution is -2.49. The van der Waals surface area contributed by atoms with Crippen molar-refractivity contribution in [3.8, 4) is 5.75 Å². The van der Waals surface area contributed by atoms with Gasteiger partial charge in [0.2, 0.25) is 0 Å². The van der Waals surface area contributed by atoms with Gasteiger partial charge in [-0.1, -0.05) is 42.5 Å². The highest BCUT2D eigenvalue weighted by atomic mass is 16.5. The van der Waals surface area contributed by atoms with Gasteiger partial charge in [0.25, 0.3) is 0 Å². The molecule has 1 N–H and O–H groups in total. The van der Waals surface area contributed by atoms with Gasteiger partial charge in [0.1, 0.15) is 18.5 Å². The number of nitrogens with zero attached hydrogens (tertiary/aromatic N) is 2. The molecule has 0 aromatic heterocycles. The predicted octanol–water partition coefficient (Wildman–Crippen LogP) is 4.02. The van der Waals surface area contributed by atoms with Gasteiger partial charge in [-0.25, -0.2) is 0 Å². The maximum atomic E-state index is 10.5. The van der Waals surface area contributed by atoms with E-state index in [1.165, 1.54) is 22.2 Å². The zero-order valence-electron chi connectivity index (χ0n) is 17.3. The fourth-order valence-corrected chi connectivity index (χ4v) is 4.05. The van der Waals surface area contributed by atoms with Gasteiger partial charge in [0.05, 0.1) is 0 Å². The lowest BCUT2D eigenvalue weighted by atomic mass is 10.1. The van der Waals surface area contributed by atoms with Crippen molar-refractivity contribution in [3.63, 3.8) is 0 Å². The molecule has 1 fully saturated rings. The number of aliphatic hydroxyl groups excluding tert-OH is 1. The van der Waals surface area contributed by atoms with E-state index >= 15 is 0 Å². The van der Waals surface area contributed by atoms with Crippen LogP contribution >= 0.6 is 0 Å². The molecule has 0 amide bonds. The summed E-state index contributed by atoms with van der Waals surface area (Å²) in [7, 11) is 0. The van der Waals surface area contributed by atoms with Crippen molar-refractivity contribution in [2.75, 3.05) is 44.2 Å². The van der Waals surface area contributed by atoms with Crippen molar-refractivity contribution in [1.29, 1.82) is 0 Å². The van der Waals surface area contributed by atoms with Crippen molar-refractivity contribution in [1.82, 2.24) is 4.90 Å². The molecule has 0 spiro atoms. The first kappa shape index (κ1) is 19.7. The van der Waals surface area contributed by atoms with Crippen LogP contribution in [0.3, 0.4) is 0 Å². The van der Waals surface area contributed by atoms with Gasteiger partial charge < -0.3 is 14.7 Å². The number of benzene rings is 3. The van der Waals surface area contributed by atoms with Crippen LogP contribution in [-0.2, 0) is 0 Å². The topological polar surface area (TPSA) is 35.9 Å². The van der Waals surface area contributed by atoms with Crippen LogP contribution < -0.4 is 9.64 Å². The zero-order chi connectivity index (χ0) is 20.2. The Morgan fingerprint density at radius 1 is 0.897 bits per heavy atom. The summed E-state index contributed by atoms with van der Waals surface area (Å²) < 4.78 is 5.85. The molecule has 1 aliphatic heterocycles. The molecular formula is C25H30N2O2. The van der Waals surface area contributed by atoms with Crippen LogP contribution in [0.1, 0.15) is 11.1 Å². The average Bonchev–Trinajstić information content (AvgIpc) is 2.75. The van der Waals surface area contributed by atoms with E-state index in [1.807, 2.05) is 24.3 Å². The normalized spacial score (nSPS) is 16.2. The molecule has 4 nitrogen and oxygen atoms in total. The Morgan fingerprint density at radius 3 is 2.45 bits per heavy atom. The Kier molecular flexibility index (Phi) is 6.02. The number of hydrogen-bond acceptors (Lipinski definition) is 4. The fraction of sp³-hybridized carbons (Fsp3) is 0.360. The Balaban J connectivity index is 1.26. The third-order valence-corrected chi connectivity index (χ3v) is 5.92. The second-order valence-electron chi connectivity index (χ2n) is 7.98. The van der Waals surface area contributed by atoms with E-state index in [2.05, 4.69) is 60.0 Å². The Hall–Kier alpha value is -2.56. The molecule has 0 aliphatic carbocycles. The summed E-state index contributed by atoms with van der Waals surface area (Å²) in [6.45, 7) is 9.22. The van der Waals surface area contributed by atoms with Crippen LogP contribution in [0.5, 0.6) is 5.75 Å². The molecule has 1 saturated heterocycles. The minimum atomic E-state index is -0.492. The summed E-state index contributed by atoms with van der Waals surface area (Å²) in [5.41, 5.74) is 4.04. The molecule has 0 radical (unpaired) electrons. The molecule has 4 heteroatoms. The highest BCUT2D eigenvalue weighted by Crippen LogP contribution is 2.24. The predicted molar refractivity (Wildman–Crippen MR) is 120 cm³/mol. The standard InChI is InChI=1S/C25H30N2O2/c1-19-6-5-9-25(20(19)2)27-14-12-26(13-15-27)17-23(28)18-29-24-11-10-21-7-3-4-8-22(21)16-24/h3-11,16,23,28H,12-15,17-18H2,1-2H3/t23-/m0/s1. The molecule has 152 valence electrons. The van der Waals surface area contributed by atoms with Crippen LogP contribution in [-0.4, -0.2) is 55.4 Å². The van der Waals surface area contributed by atoms with Gasteiger partial charge >= 0.3 is 0 Å². The van der Waals surface area contributed by atoms with Crippen molar-refractivity contribution >= 4 is 16.5 Å². The Bertz CT molecular complexity index is 964. The molecule has 3 aromatic carbocycles. The highest BCUT2D eigenvalue weighted by molar-refractivity contribution is 5.83. The molecule has 0 bridgehead atoms. The lowest BCUT2D eigenvalue weighted by Gasteiger charge is -2.37. The molecule has 1 heterocycles. The summed E-state index contributed by atoms with van der Waals surface area (Å²) in [5, 5.41) is 12.8. The first-order valence-electron chi connectivity index (χ1n) is 10.4. The van der Waals surface area contributed by atoms with Gasteiger partial charge in [-0.05, 0) is 53.9 Å². The molecule has 4 rings (SSSR count). The smallest absolute Gasteiger partial charge is 0.120 e. The lowest BCUT2D eigenvalue weighted by molar-refractivity contribution is 0.0663. The second kappa shape index (κ2) is 8.85. The van der Waals surface area contributed by atoms with E-state index in [0.29, 0.717) is 13.2 Å². The van der Waals surface area contributed by atoms with E-state index in [-0.39, 0.29) is 0 Å². The summed E-state index contributed by atoms with van der Waals surface area (Å²) in [5.74, 6) is 0.808. The Morgan fingerprint density at radius 2 is 1.66 bits per heavy atom. The first-order valence-corrected chi connectivity index (χ1v) is 10.4. The van der Waals surface area contributed by atoms with Gasteiger partial charge in [0, 0.05) is 38.4 Å². The number of anilines is 1. The van der Waals surface area contributed by atoms with E-state index in [1.54, 1.807) is 0 Å². The van der Waals surface area contributed by atoms with Crippen molar-refractivity contribution in [2.24, 2.45) is 0 Å². The molecule has 1 atom stereocenters. The largest absolute Gasteiger partial charge is 0.491 e. The van der Waals surface area contributed by atoms with Crippen LogP contribution in [0.15, 0.2) is 60.7 Å². The number of aliphatic hydroxyl groups is 1. The number of fused-ring (bicyclic) bond motifs is 1. The monoisotopic (exact) mass is 390 g/mol. The maximum absolute atomic E-state index is 10.5. The molecule has 1 aliphatic rings. The summed E-state index contributed by atoms with van der Waals surface area (Å²) in [4.78, 5) is 4.78. The SMILES string of the molecule is Cc1cccc(N2CCN(C[C@H](O)COc3ccc4ccccc4c3)CC2)c1C. The minimum Gasteiger partial charge on any atom is -0.491 e. The van der Waals surface area contributed by atoms with E-state index < -0.39 is 6.10 Å². The maximum Gasteiger partial charge on any atom is 0.120 e. The number of ether oxygens (including phenoxy) is 1. The van der Waals surface area contributed by atoms with Crippen molar-refractivity contribution in [2.45, 2.75) is 20.0 Å². The van der Waals surface area contributed by atoms with E-state index in [0.717, 1.165) is 37.3 Å². The van der Waals surface area contributed by atoms with Gasteiger partial charge in [-0.2, -0.15) is 0 Å². The average molecular weight is 391 g/mol. The summed E-state index contributed by atoms with van der Waals surface area (Å²) in [6, 6.07) is 20.8. The molecule has 3 aromatic rings. The quantitative estimate of drug-likeness (QED) is 0.690. The minimum absolute atomic E-state index is 0.315. The first-order chi connectivity index (χ1) is 14.1. The number of β-amino-alcohol motifs (C(OH)–C–C–N with tert-alkyl or cyclic N) is 1. The second-order valence-corrected chi connectivity index (χ2v) is 7.98. The van der Waals surface area contributed by atoms with Crippen LogP contribution in [0, 0.1) is 13.8 Å². The van der Waals surface area contributed by atoms with E-state index in [9.17, 15) is 5.11 Å². The van der Waals surface area contributed by atoms with Crippen molar-refractivity contribution < 1.29 is 9.84 Å². The number of hydrogen-bond donors (Lipinski definition) is 1. The van der Waals surface area contributed by atoms with Gasteiger partial charge in [-0.3, -0.25) is 4.90 Å². The molecule has 0 saturated carbocycles. The van der Waals surface area contributed by atoms with Crippen LogP contribution in [0.2, 0.25) is 0 Å². The van der Waals surface area contributed by atoms with E-state index in [4.69, 9.17) is 4.74 Å². The van der Waals surface area contributed by atoms with Crippen LogP contribution in [0.25, 0.3) is 10.8 Å². The highest BCUT2D eigenvalue weighted by Gasteiger charge is 2.21. The summed E-state index contributed by atoms with van der Waals surface area (Å²) in [6.07, 6.45) is -0.492.